The number of benzene rings is 1. The van der Waals surface area contributed by atoms with Crippen molar-refractivity contribution in [1.82, 2.24) is 5.32 Å². The van der Waals surface area contributed by atoms with Gasteiger partial charge in [0.1, 0.15) is 5.75 Å². The molecule has 0 aliphatic rings. The molecule has 0 fully saturated rings. The van der Waals surface area contributed by atoms with Crippen LogP contribution in [0.15, 0.2) is 24.3 Å². The smallest absolute Gasteiger partial charge is 0.251 e. The number of halogens is 1. The molecule has 0 unspecified atom stereocenters. The van der Waals surface area contributed by atoms with Crippen molar-refractivity contribution in [1.29, 1.82) is 0 Å². The van der Waals surface area contributed by atoms with Crippen LogP contribution in [0.3, 0.4) is 0 Å². The molecule has 5 heteroatoms. The van der Waals surface area contributed by atoms with Gasteiger partial charge in [-0.15, -0.1) is 0 Å². The van der Waals surface area contributed by atoms with E-state index in [1.807, 2.05) is 26.0 Å². The van der Waals surface area contributed by atoms with Crippen molar-refractivity contribution in [3.63, 3.8) is 0 Å². The van der Waals surface area contributed by atoms with E-state index in [-0.39, 0.29) is 12.0 Å². The highest BCUT2D eigenvalue weighted by Crippen LogP contribution is 2.13. The fourth-order valence-electron chi connectivity index (χ4n) is 1.59. The zero-order valence-corrected chi connectivity index (χ0v) is 13.6. The molecule has 20 heavy (non-hydrogen) atoms. The van der Waals surface area contributed by atoms with Crippen LogP contribution in [0.5, 0.6) is 5.75 Å². The Labute approximate surface area is 129 Å². The van der Waals surface area contributed by atoms with Gasteiger partial charge in [0.25, 0.3) is 5.91 Å². The molecule has 1 N–H and O–H groups in total. The van der Waals surface area contributed by atoms with Gasteiger partial charge in [-0.3, -0.25) is 4.79 Å². The number of hydrogen-bond acceptors (Lipinski definition) is 3. The first-order chi connectivity index (χ1) is 9.63. The molecule has 0 radical (unpaired) electrons. The van der Waals surface area contributed by atoms with E-state index in [4.69, 9.17) is 9.47 Å². The van der Waals surface area contributed by atoms with E-state index in [1.165, 1.54) is 0 Å². The minimum atomic E-state index is -0.0680. The first-order valence-electron chi connectivity index (χ1n) is 6.82. The fraction of sp³-hybridized carbons (Fsp3) is 0.533. The van der Waals surface area contributed by atoms with Gasteiger partial charge in [-0.25, -0.2) is 0 Å². The molecule has 0 saturated heterocycles. The van der Waals surface area contributed by atoms with Gasteiger partial charge in [-0.05, 0) is 44.5 Å². The summed E-state index contributed by atoms with van der Waals surface area (Å²) in [6.45, 7) is 5.92. The quantitative estimate of drug-likeness (QED) is 0.553. The van der Waals surface area contributed by atoms with E-state index >= 15 is 0 Å². The van der Waals surface area contributed by atoms with E-state index in [9.17, 15) is 4.79 Å². The van der Waals surface area contributed by atoms with E-state index in [0.717, 1.165) is 17.5 Å². The van der Waals surface area contributed by atoms with Crippen LogP contribution in [0.25, 0.3) is 0 Å². The van der Waals surface area contributed by atoms with Gasteiger partial charge < -0.3 is 14.8 Å². The highest BCUT2D eigenvalue weighted by molar-refractivity contribution is 9.09. The van der Waals surface area contributed by atoms with Crippen molar-refractivity contribution < 1.29 is 14.3 Å². The maximum absolute atomic E-state index is 11.9. The molecule has 1 aromatic rings. The molecule has 4 nitrogen and oxygen atoms in total. The third-order valence-electron chi connectivity index (χ3n) is 2.46. The minimum Gasteiger partial charge on any atom is -0.491 e. The second kappa shape index (κ2) is 9.77. The van der Waals surface area contributed by atoms with Crippen LogP contribution in [-0.2, 0) is 4.74 Å². The minimum absolute atomic E-state index is 0.0680. The molecule has 0 heterocycles. The molecule has 0 atom stereocenters. The Morgan fingerprint density at radius 1 is 1.25 bits per heavy atom. The maximum atomic E-state index is 11.9. The predicted molar refractivity (Wildman–Crippen MR) is 83.8 cm³/mol. The Bertz CT molecular complexity index is 393. The molecule has 0 aromatic heterocycles. The third kappa shape index (κ3) is 6.91. The molecule has 0 saturated carbocycles. The Morgan fingerprint density at radius 2 is 1.95 bits per heavy atom. The number of rotatable bonds is 9. The number of amides is 1. The number of hydrogen-bond donors (Lipinski definition) is 1. The summed E-state index contributed by atoms with van der Waals surface area (Å²) in [5.74, 6) is 0.710. The first-order valence-corrected chi connectivity index (χ1v) is 7.94. The molecule has 0 bridgehead atoms. The van der Waals surface area contributed by atoms with Crippen molar-refractivity contribution in [2.24, 2.45) is 0 Å². The van der Waals surface area contributed by atoms with Gasteiger partial charge in [-0.1, -0.05) is 15.9 Å². The SMILES string of the molecule is CC(C)Oc1ccc(C(=O)NCCCOCCBr)cc1. The molecule has 0 aliphatic heterocycles. The fourth-order valence-corrected chi connectivity index (χ4v) is 1.82. The lowest BCUT2D eigenvalue weighted by Crippen LogP contribution is -2.25. The standard InChI is InChI=1S/C15H22BrNO3/c1-12(2)20-14-6-4-13(5-7-14)15(18)17-9-3-10-19-11-8-16/h4-7,12H,3,8-11H2,1-2H3,(H,17,18). The molecule has 1 aromatic carbocycles. The average Bonchev–Trinajstić information content (AvgIpc) is 2.42. The van der Waals surface area contributed by atoms with E-state index in [1.54, 1.807) is 12.1 Å². The second-order valence-corrected chi connectivity index (χ2v) is 5.39. The zero-order valence-electron chi connectivity index (χ0n) is 12.0. The van der Waals surface area contributed by atoms with Gasteiger partial charge in [0.15, 0.2) is 0 Å². The number of alkyl halides is 1. The highest BCUT2D eigenvalue weighted by Gasteiger charge is 2.05. The molecular formula is C15H22BrNO3. The summed E-state index contributed by atoms with van der Waals surface area (Å²) in [4.78, 5) is 11.9. The Balaban J connectivity index is 2.29. The highest BCUT2D eigenvalue weighted by atomic mass is 79.9. The topological polar surface area (TPSA) is 47.6 Å². The van der Waals surface area contributed by atoms with Gasteiger partial charge >= 0.3 is 0 Å². The molecular weight excluding hydrogens is 322 g/mol. The van der Waals surface area contributed by atoms with E-state index < -0.39 is 0 Å². The zero-order chi connectivity index (χ0) is 14.8. The van der Waals surface area contributed by atoms with E-state index in [0.29, 0.717) is 25.3 Å². The number of ether oxygens (including phenoxy) is 2. The second-order valence-electron chi connectivity index (χ2n) is 4.60. The lowest BCUT2D eigenvalue weighted by atomic mass is 10.2. The van der Waals surface area contributed by atoms with Gasteiger partial charge in [0.05, 0.1) is 12.7 Å². The molecule has 1 rings (SSSR count). The summed E-state index contributed by atoms with van der Waals surface area (Å²) in [5.41, 5.74) is 0.641. The Kier molecular flexibility index (Phi) is 8.30. The predicted octanol–water partition coefficient (Wildman–Crippen LogP) is 3.01. The van der Waals surface area contributed by atoms with Crippen LogP contribution in [0.2, 0.25) is 0 Å². The van der Waals surface area contributed by atoms with E-state index in [2.05, 4.69) is 21.2 Å². The maximum Gasteiger partial charge on any atom is 0.251 e. The summed E-state index contributed by atoms with van der Waals surface area (Å²) >= 11 is 3.29. The normalized spacial score (nSPS) is 10.6. The number of carbonyl (C=O) groups is 1. The van der Waals surface area contributed by atoms with Crippen molar-refractivity contribution in [3.05, 3.63) is 29.8 Å². The largest absolute Gasteiger partial charge is 0.491 e. The lowest BCUT2D eigenvalue weighted by molar-refractivity contribution is 0.0944. The van der Waals surface area contributed by atoms with Crippen molar-refractivity contribution in [2.45, 2.75) is 26.4 Å². The van der Waals surface area contributed by atoms with Gasteiger partial charge in [-0.2, -0.15) is 0 Å². The number of carbonyl (C=O) groups excluding carboxylic acids is 1. The molecule has 0 aliphatic carbocycles. The van der Waals surface area contributed by atoms with Gasteiger partial charge in [0, 0.05) is 24.0 Å². The summed E-state index contributed by atoms with van der Waals surface area (Å²) in [6.07, 6.45) is 0.946. The van der Waals surface area contributed by atoms with Gasteiger partial charge in [0.2, 0.25) is 0 Å². The van der Waals surface area contributed by atoms with Crippen LogP contribution in [0.1, 0.15) is 30.6 Å². The average molecular weight is 344 g/mol. The monoisotopic (exact) mass is 343 g/mol. The Morgan fingerprint density at radius 3 is 2.55 bits per heavy atom. The van der Waals surface area contributed by atoms with Crippen molar-refractivity contribution in [3.8, 4) is 5.75 Å². The summed E-state index contributed by atoms with van der Waals surface area (Å²) < 4.78 is 10.8. The lowest BCUT2D eigenvalue weighted by Gasteiger charge is -2.10. The van der Waals surface area contributed by atoms with Crippen molar-refractivity contribution in [2.75, 3.05) is 25.1 Å². The summed E-state index contributed by atoms with van der Waals surface area (Å²) in [6, 6.07) is 7.17. The molecule has 112 valence electrons. The van der Waals surface area contributed by atoms with Crippen LogP contribution in [-0.4, -0.2) is 37.1 Å². The third-order valence-corrected chi connectivity index (χ3v) is 2.78. The molecule has 0 spiro atoms. The summed E-state index contributed by atoms with van der Waals surface area (Å²) in [5, 5.41) is 3.70. The first kappa shape index (κ1) is 17.0. The van der Waals surface area contributed by atoms with Crippen LogP contribution < -0.4 is 10.1 Å². The summed E-state index contributed by atoms with van der Waals surface area (Å²) in [7, 11) is 0. The van der Waals surface area contributed by atoms with Crippen LogP contribution >= 0.6 is 15.9 Å². The van der Waals surface area contributed by atoms with Crippen LogP contribution in [0.4, 0.5) is 0 Å². The van der Waals surface area contributed by atoms with Crippen molar-refractivity contribution >= 4 is 21.8 Å². The number of nitrogens with one attached hydrogen (secondary N) is 1. The van der Waals surface area contributed by atoms with Crippen LogP contribution in [0, 0.1) is 0 Å². The molecule has 1 amide bonds. The Hall–Kier alpha value is -1.07.